The molecular formula is C21H21N5O3. The number of hydrogen-bond acceptors (Lipinski definition) is 6. The van der Waals surface area contributed by atoms with E-state index in [1.54, 1.807) is 6.33 Å². The molecule has 0 spiro atoms. The minimum atomic E-state index is -0.0805. The van der Waals surface area contributed by atoms with Crippen LogP contribution in [0.1, 0.15) is 0 Å². The second-order valence-electron chi connectivity index (χ2n) is 6.98. The number of para-hydroxylation sites is 1. The highest BCUT2D eigenvalue weighted by atomic mass is 16.6. The fourth-order valence-corrected chi connectivity index (χ4v) is 3.68. The van der Waals surface area contributed by atoms with Crippen LogP contribution in [0.2, 0.25) is 0 Å². The second-order valence-corrected chi connectivity index (χ2v) is 6.98. The molecule has 0 saturated carbocycles. The monoisotopic (exact) mass is 391 g/mol. The van der Waals surface area contributed by atoms with E-state index in [1.165, 1.54) is 0 Å². The summed E-state index contributed by atoms with van der Waals surface area (Å²) in [6.07, 6.45) is 1.57. The van der Waals surface area contributed by atoms with Crippen molar-refractivity contribution < 1.29 is 14.3 Å². The molecule has 0 radical (unpaired) electrons. The average molecular weight is 391 g/mol. The van der Waals surface area contributed by atoms with Crippen molar-refractivity contribution in [2.75, 3.05) is 49.6 Å². The second kappa shape index (κ2) is 7.46. The summed E-state index contributed by atoms with van der Waals surface area (Å²) < 4.78 is 11.4. The van der Waals surface area contributed by atoms with Crippen LogP contribution in [0.4, 0.5) is 16.3 Å². The van der Waals surface area contributed by atoms with Crippen LogP contribution >= 0.6 is 0 Å². The third-order valence-electron chi connectivity index (χ3n) is 5.17. The molecule has 2 aliphatic rings. The number of carbonyl (C=O) groups excluding carboxylic acids is 1. The van der Waals surface area contributed by atoms with Gasteiger partial charge in [0.05, 0.1) is 5.52 Å². The molecule has 2 aromatic carbocycles. The Hall–Kier alpha value is -3.55. The largest absolute Gasteiger partial charge is 0.486 e. The standard InChI is InChI=1S/C21H21N5O3/c27-21(24-15-4-2-1-3-5-15)26-8-6-25(7-9-26)20-16-12-18-19(29-11-10-28-18)13-17(16)22-14-23-20/h1-5,12-14H,6-11H2,(H,24,27). The van der Waals surface area contributed by atoms with Crippen molar-refractivity contribution in [3.63, 3.8) is 0 Å². The van der Waals surface area contributed by atoms with Gasteiger partial charge in [0.2, 0.25) is 0 Å². The highest BCUT2D eigenvalue weighted by molar-refractivity contribution is 5.92. The van der Waals surface area contributed by atoms with Crippen LogP contribution < -0.4 is 19.7 Å². The van der Waals surface area contributed by atoms with Crippen molar-refractivity contribution in [3.8, 4) is 11.5 Å². The Bertz CT molecular complexity index is 1040. The lowest BCUT2D eigenvalue weighted by Crippen LogP contribution is -2.50. The maximum atomic E-state index is 12.5. The lowest BCUT2D eigenvalue weighted by Gasteiger charge is -2.35. The summed E-state index contributed by atoms with van der Waals surface area (Å²) >= 11 is 0. The van der Waals surface area contributed by atoms with Gasteiger partial charge in [-0.05, 0) is 18.2 Å². The lowest BCUT2D eigenvalue weighted by molar-refractivity contribution is 0.172. The Kier molecular flexibility index (Phi) is 4.51. The van der Waals surface area contributed by atoms with Crippen LogP contribution in [0.5, 0.6) is 11.5 Å². The number of hydrogen-bond donors (Lipinski definition) is 1. The van der Waals surface area contributed by atoms with Gasteiger partial charge in [0.1, 0.15) is 25.4 Å². The van der Waals surface area contributed by atoms with E-state index < -0.39 is 0 Å². The van der Waals surface area contributed by atoms with Gasteiger partial charge in [-0.25, -0.2) is 14.8 Å². The van der Waals surface area contributed by atoms with Crippen LogP contribution in [0.25, 0.3) is 10.9 Å². The molecule has 1 fully saturated rings. The van der Waals surface area contributed by atoms with Crippen molar-refractivity contribution >= 4 is 28.4 Å². The van der Waals surface area contributed by atoms with E-state index in [0.717, 1.165) is 33.9 Å². The van der Waals surface area contributed by atoms with Gasteiger partial charge < -0.3 is 24.6 Å². The molecule has 5 rings (SSSR count). The number of nitrogens with zero attached hydrogens (tertiary/aromatic N) is 4. The third-order valence-corrected chi connectivity index (χ3v) is 5.17. The summed E-state index contributed by atoms with van der Waals surface area (Å²) in [4.78, 5) is 25.4. The summed E-state index contributed by atoms with van der Waals surface area (Å²) in [6.45, 7) is 3.72. The fourth-order valence-electron chi connectivity index (χ4n) is 3.68. The van der Waals surface area contributed by atoms with Gasteiger partial charge in [0.25, 0.3) is 0 Å². The molecule has 2 amide bonds. The number of carbonyl (C=O) groups is 1. The van der Waals surface area contributed by atoms with Gasteiger partial charge >= 0.3 is 6.03 Å². The molecule has 148 valence electrons. The quantitative estimate of drug-likeness (QED) is 0.724. The summed E-state index contributed by atoms with van der Waals surface area (Å²) in [5.74, 6) is 2.30. The summed E-state index contributed by atoms with van der Waals surface area (Å²) in [5, 5.41) is 3.87. The van der Waals surface area contributed by atoms with Crippen LogP contribution in [0.3, 0.4) is 0 Å². The number of rotatable bonds is 2. The molecule has 1 N–H and O–H groups in total. The number of anilines is 2. The highest BCUT2D eigenvalue weighted by Gasteiger charge is 2.24. The highest BCUT2D eigenvalue weighted by Crippen LogP contribution is 2.36. The van der Waals surface area contributed by atoms with Crippen LogP contribution in [-0.4, -0.2) is 60.3 Å². The third kappa shape index (κ3) is 3.49. The number of nitrogens with one attached hydrogen (secondary N) is 1. The first kappa shape index (κ1) is 17.5. The van der Waals surface area contributed by atoms with E-state index in [9.17, 15) is 4.79 Å². The van der Waals surface area contributed by atoms with Crippen molar-refractivity contribution in [2.45, 2.75) is 0 Å². The first-order valence-corrected chi connectivity index (χ1v) is 9.68. The number of piperazine rings is 1. The number of urea groups is 1. The molecule has 29 heavy (non-hydrogen) atoms. The summed E-state index contributed by atoms with van der Waals surface area (Å²) in [7, 11) is 0. The molecular weight excluding hydrogens is 370 g/mol. The molecule has 1 aromatic heterocycles. The molecule has 0 bridgehead atoms. The number of fused-ring (bicyclic) bond motifs is 2. The van der Waals surface area contributed by atoms with Crippen LogP contribution in [0.15, 0.2) is 48.8 Å². The smallest absolute Gasteiger partial charge is 0.321 e. The summed E-state index contributed by atoms with van der Waals surface area (Å²) in [5.41, 5.74) is 1.62. The first-order chi connectivity index (χ1) is 14.3. The van der Waals surface area contributed by atoms with Crippen molar-refractivity contribution in [1.29, 1.82) is 0 Å². The maximum absolute atomic E-state index is 12.5. The molecule has 1 saturated heterocycles. The van der Waals surface area contributed by atoms with E-state index in [1.807, 2.05) is 47.4 Å². The number of ether oxygens (including phenoxy) is 2. The topological polar surface area (TPSA) is 79.8 Å². The van der Waals surface area contributed by atoms with E-state index in [4.69, 9.17) is 9.47 Å². The van der Waals surface area contributed by atoms with Crippen molar-refractivity contribution in [1.82, 2.24) is 14.9 Å². The van der Waals surface area contributed by atoms with Gasteiger partial charge in [0, 0.05) is 43.3 Å². The van der Waals surface area contributed by atoms with Crippen LogP contribution in [0, 0.1) is 0 Å². The Labute approximate surface area is 168 Å². The van der Waals surface area contributed by atoms with E-state index >= 15 is 0 Å². The van der Waals surface area contributed by atoms with Gasteiger partial charge in [-0.2, -0.15) is 0 Å². The van der Waals surface area contributed by atoms with E-state index in [0.29, 0.717) is 39.4 Å². The van der Waals surface area contributed by atoms with Gasteiger partial charge in [0.15, 0.2) is 11.5 Å². The van der Waals surface area contributed by atoms with Crippen LogP contribution in [-0.2, 0) is 0 Å². The molecule has 0 atom stereocenters. The van der Waals surface area contributed by atoms with Gasteiger partial charge in [-0.3, -0.25) is 0 Å². The predicted molar refractivity (Wildman–Crippen MR) is 110 cm³/mol. The zero-order chi connectivity index (χ0) is 19.6. The first-order valence-electron chi connectivity index (χ1n) is 9.68. The molecule has 8 nitrogen and oxygen atoms in total. The zero-order valence-electron chi connectivity index (χ0n) is 15.9. The lowest BCUT2D eigenvalue weighted by atomic mass is 10.1. The Morgan fingerprint density at radius 1 is 0.931 bits per heavy atom. The predicted octanol–water partition coefficient (Wildman–Crippen LogP) is 2.76. The number of amides is 2. The van der Waals surface area contributed by atoms with E-state index in [2.05, 4.69) is 20.2 Å². The average Bonchev–Trinajstić information content (AvgIpc) is 2.78. The normalized spacial score (nSPS) is 16.0. The Morgan fingerprint density at radius 2 is 1.66 bits per heavy atom. The van der Waals surface area contributed by atoms with Gasteiger partial charge in [-0.15, -0.1) is 0 Å². The molecule has 8 heteroatoms. The molecule has 0 aliphatic carbocycles. The SMILES string of the molecule is O=C(Nc1ccccc1)N1CCN(c2ncnc3cc4c(cc23)OCCO4)CC1. The van der Waals surface area contributed by atoms with Crippen molar-refractivity contribution in [2.24, 2.45) is 0 Å². The van der Waals surface area contributed by atoms with Crippen molar-refractivity contribution in [3.05, 3.63) is 48.8 Å². The molecule has 3 heterocycles. The Morgan fingerprint density at radius 3 is 2.41 bits per heavy atom. The number of aromatic nitrogens is 2. The molecule has 0 unspecified atom stereocenters. The minimum Gasteiger partial charge on any atom is -0.486 e. The van der Waals surface area contributed by atoms with E-state index in [-0.39, 0.29) is 6.03 Å². The zero-order valence-corrected chi connectivity index (χ0v) is 15.9. The summed E-state index contributed by atoms with van der Waals surface area (Å²) in [6, 6.07) is 13.3. The minimum absolute atomic E-state index is 0.0805. The fraction of sp³-hybridized carbons (Fsp3) is 0.286. The molecule has 3 aromatic rings. The maximum Gasteiger partial charge on any atom is 0.321 e. The number of benzene rings is 2. The molecule has 2 aliphatic heterocycles. The van der Waals surface area contributed by atoms with Gasteiger partial charge in [-0.1, -0.05) is 18.2 Å². The Balaban J connectivity index is 1.32.